The lowest BCUT2D eigenvalue weighted by Crippen LogP contribution is -1.85. The predicted molar refractivity (Wildman–Crippen MR) is 80.2 cm³/mol. The quantitative estimate of drug-likeness (QED) is 0.556. The number of nitrogens with zero attached hydrogens (tertiary/aromatic N) is 2. The lowest BCUT2D eigenvalue weighted by molar-refractivity contribution is 0.475. The summed E-state index contributed by atoms with van der Waals surface area (Å²) in [6.07, 6.45) is 1.61. The van der Waals surface area contributed by atoms with Crippen LogP contribution in [0.4, 0.5) is 5.13 Å². The number of aromatic amines is 1. The number of benzene rings is 2. The highest BCUT2D eigenvalue weighted by Gasteiger charge is 2.04. The average molecular weight is 287 g/mol. The fourth-order valence-corrected chi connectivity index (χ4v) is 2.54. The Hall–Kier alpha value is -2.05. The monoisotopic (exact) mass is 287 g/mol. The minimum absolute atomic E-state index is 0.196. The molecule has 0 aliphatic carbocycles. The van der Waals surface area contributed by atoms with Crippen LogP contribution in [-0.2, 0) is 0 Å². The standard InChI is InChI=1S/C13H9N3OS2/c17-11-6-5-8-3-1-2-4-9(8)10(11)7-14-12-15-16-13(18)19-12/h1-7,17H,(H,16,18). The van der Waals surface area contributed by atoms with Crippen molar-refractivity contribution in [1.82, 2.24) is 10.2 Å². The second-order valence-corrected chi connectivity index (χ2v) is 5.52. The molecule has 0 bridgehead atoms. The summed E-state index contributed by atoms with van der Waals surface area (Å²) < 4.78 is 0.578. The zero-order chi connectivity index (χ0) is 13.2. The van der Waals surface area contributed by atoms with Crippen molar-refractivity contribution in [2.45, 2.75) is 0 Å². The van der Waals surface area contributed by atoms with Crippen LogP contribution in [0.15, 0.2) is 41.4 Å². The number of fused-ring (bicyclic) bond motifs is 1. The van der Waals surface area contributed by atoms with E-state index in [2.05, 4.69) is 15.2 Å². The molecule has 0 radical (unpaired) electrons. The topological polar surface area (TPSA) is 61.3 Å². The van der Waals surface area contributed by atoms with Crippen molar-refractivity contribution in [1.29, 1.82) is 0 Å². The number of hydrogen-bond donors (Lipinski definition) is 2. The van der Waals surface area contributed by atoms with E-state index in [-0.39, 0.29) is 5.75 Å². The molecule has 0 atom stereocenters. The third-order valence-electron chi connectivity index (χ3n) is 2.68. The molecular formula is C13H9N3OS2. The number of phenolic OH excluding ortho intramolecular Hbond substituents is 1. The molecular weight excluding hydrogens is 278 g/mol. The molecule has 1 aromatic heterocycles. The molecule has 0 unspecified atom stereocenters. The smallest absolute Gasteiger partial charge is 0.230 e. The summed E-state index contributed by atoms with van der Waals surface area (Å²) >= 11 is 6.23. The van der Waals surface area contributed by atoms with Gasteiger partial charge in [-0.05, 0) is 29.1 Å². The number of hydrogen-bond acceptors (Lipinski definition) is 5. The van der Waals surface area contributed by atoms with Crippen LogP contribution < -0.4 is 0 Å². The predicted octanol–water partition coefficient (Wildman–Crippen LogP) is 3.81. The first-order chi connectivity index (χ1) is 9.24. The van der Waals surface area contributed by atoms with Crippen molar-refractivity contribution >= 4 is 45.7 Å². The summed E-state index contributed by atoms with van der Waals surface area (Å²) in [6.45, 7) is 0. The summed E-state index contributed by atoms with van der Waals surface area (Å²) in [5.41, 5.74) is 0.680. The molecule has 0 aliphatic rings. The van der Waals surface area contributed by atoms with E-state index in [0.29, 0.717) is 14.6 Å². The summed E-state index contributed by atoms with van der Waals surface area (Å²) in [7, 11) is 0. The number of aromatic nitrogens is 2. The van der Waals surface area contributed by atoms with Gasteiger partial charge in [0.2, 0.25) is 5.13 Å². The van der Waals surface area contributed by atoms with Gasteiger partial charge in [-0.1, -0.05) is 41.7 Å². The van der Waals surface area contributed by atoms with Crippen LogP contribution >= 0.6 is 23.6 Å². The average Bonchev–Trinajstić information content (AvgIpc) is 2.83. The van der Waals surface area contributed by atoms with Gasteiger partial charge in [-0.2, -0.15) is 0 Å². The fourth-order valence-electron chi connectivity index (χ4n) is 1.82. The van der Waals surface area contributed by atoms with E-state index in [9.17, 15) is 5.11 Å². The van der Waals surface area contributed by atoms with Gasteiger partial charge in [0, 0.05) is 11.8 Å². The van der Waals surface area contributed by atoms with Gasteiger partial charge in [0.25, 0.3) is 0 Å². The van der Waals surface area contributed by atoms with Crippen LogP contribution in [0.5, 0.6) is 5.75 Å². The molecule has 2 N–H and O–H groups in total. The Morgan fingerprint density at radius 1 is 1.26 bits per heavy atom. The van der Waals surface area contributed by atoms with E-state index in [4.69, 9.17) is 12.2 Å². The van der Waals surface area contributed by atoms with Gasteiger partial charge in [0.1, 0.15) is 5.75 Å². The molecule has 4 nitrogen and oxygen atoms in total. The van der Waals surface area contributed by atoms with Gasteiger partial charge in [-0.25, -0.2) is 4.99 Å². The van der Waals surface area contributed by atoms with E-state index in [1.54, 1.807) is 12.3 Å². The molecule has 3 aromatic rings. The first kappa shape index (κ1) is 12.0. The van der Waals surface area contributed by atoms with E-state index in [1.165, 1.54) is 11.3 Å². The number of phenols is 1. The van der Waals surface area contributed by atoms with Gasteiger partial charge in [-0.3, -0.25) is 5.10 Å². The van der Waals surface area contributed by atoms with E-state index < -0.39 is 0 Å². The molecule has 0 aliphatic heterocycles. The van der Waals surface area contributed by atoms with E-state index >= 15 is 0 Å². The summed E-state index contributed by atoms with van der Waals surface area (Å²) in [5, 5.41) is 19.1. The number of H-pyrrole nitrogens is 1. The van der Waals surface area contributed by atoms with Crippen molar-refractivity contribution < 1.29 is 5.11 Å². The van der Waals surface area contributed by atoms with Gasteiger partial charge in [0.15, 0.2) is 3.95 Å². The molecule has 1 heterocycles. The largest absolute Gasteiger partial charge is 0.507 e. The maximum atomic E-state index is 9.96. The molecule has 6 heteroatoms. The Morgan fingerprint density at radius 3 is 2.89 bits per heavy atom. The van der Waals surface area contributed by atoms with Crippen LogP contribution in [0.3, 0.4) is 0 Å². The lowest BCUT2D eigenvalue weighted by Gasteiger charge is -2.03. The van der Waals surface area contributed by atoms with Gasteiger partial charge in [0.05, 0.1) is 0 Å². The highest BCUT2D eigenvalue weighted by molar-refractivity contribution is 7.73. The van der Waals surface area contributed by atoms with Gasteiger partial charge < -0.3 is 5.11 Å². The Morgan fingerprint density at radius 2 is 2.11 bits per heavy atom. The molecule has 0 spiro atoms. The molecule has 0 saturated carbocycles. The summed E-state index contributed by atoms with van der Waals surface area (Å²) in [5.74, 6) is 0.196. The SMILES string of the molecule is Oc1ccc2ccccc2c1C=Nc1n[nH]c(=S)s1. The maximum absolute atomic E-state index is 9.96. The van der Waals surface area contributed by atoms with Crippen LogP contribution in [-0.4, -0.2) is 21.5 Å². The maximum Gasteiger partial charge on any atom is 0.230 e. The fraction of sp³-hybridized carbons (Fsp3) is 0. The molecule has 0 saturated heterocycles. The molecule has 19 heavy (non-hydrogen) atoms. The van der Waals surface area contributed by atoms with Crippen molar-refractivity contribution in [3.05, 3.63) is 45.9 Å². The van der Waals surface area contributed by atoms with Crippen molar-refractivity contribution in [2.24, 2.45) is 4.99 Å². The minimum Gasteiger partial charge on any atom is -0.507 e. The number of aromatic hydroxyl groups is 1. The van der Waals surface area contributed by atoms with E-state index in [0.717, 1.165) is 10.8 Å². The minimum atomic E-state index is 0.196. The highest BCUT2D eigenvalue weighted by Crippen LogP contribution is 2.26. The molecule has 2 aromatic carbocycles. The second-order valence-electron chi connectivity index (χ2n) is 3.87. The Labute approximate surface area is 118 Å². The normalized spacial score (nSPS) is 11.4. The Kier molecular flexibility index (Phi) is 3.10. The number of nitrogens with one attached hydrogen (secondary N) is 1. The second kappa shape index (κ2) is 4.91. The first-order valence-corrected chi connectivity index (χ1v) is 6.77. The van der Waals surface area contributed by atoms with Gasteiger partial charge >= 0.3 is 0 Å². The Bertz CT molecular complexity index is 820. The highest BCUT2D eigenvalue weighted by atomic mass is 32.1. The third-order valence-corrected chi connectivity index (χ3v) is 3.68. The van der Waals surface area contributed by atoms with Crippen LogP contribution in [0, 0.1) is 3.95 Å². The zero-order valence-electron chi connectivity index (χ0n) is 9.70. The van der Waals surface area contributed by atoms with Crippen LogP contribution in [0.25, 0.3) is 10.8 Å². The van der Waals surface area contributed by atoms with Crippen LogP contribution in [0.2, 0.25) is 0 Å². The number of rotatable bonds is 2. The summed E-state index contributed by atoms with van der Waals surface area (Å²) in [6, 6.07) is 11.4. The zero-order valence-corrected chi connectivity index (χ0v) is 11.3. The Balaban J connectivity index is 2.11. The lowest BCUT2D eigenvalue weighted by atomic mass is 10.0. The molecule has 3 rings (SSSR count). The number of aliphatic imine (C=N–C) groups is 1. The molecule has 94 valence electrons. The van der Waals surface area contributed by atoms with E-state index in [1.807, 2.05) is 30.3 Å². The molecule has 0 fully saturated rings. The van der Waals surface area contributed by atoms with Gasteiger partial charge in [-0.15, -0.1) is 5.10 Å². The first-order valence-electron chi connectivity index (χ1n) is 5.54. The molecule has 0 amide bonds. The van der Waals surface area contributed by atoms with Crippen molar-refractivity contribution in [3.63, 3.8) is 0 Å². The van der Waals surface area contributed by atoms with Crippen molar-refractivity contribution in [3.8, 4) is 5.75 Å². The third kappa shape index (κ3) is 2.40. The van der Waals surface area contributed by atoms with Crippen LogP contribution in [0.1, 0.15) is 5.56 Å². The van der Waals surface area contributed by atoms with Crippen molar-refractivity contribution in [2.75, 3.05) is 0 Å². The summed E-state index contributed by atoms with van der Waals surface area (Å²) in [4.78, 5) is 4.23.